The first-order chi connectivity index (χ1) is 19.7. The van der Waals surface area contributed by atoms with Gasteiger partial charge in [0.2, 0.25) is 0 Å². The third-order valence-corrected chi connectivity index (χ3v) is 9.19. The highest BCUT2D eigenvalue weighted by atomic mass is 35.5. The first-order valence-electron chi connectivity index (χ1n) is 13.0. The molecule has 0 saturated heterocycles. The Kier molecular flexibility index (Phi) is 8.54. The predicted molar refractivity (Wildman–Crippen MR) is 159 cm³/mol. The van der Waals surface area contributed by atoms with Gasteiger partial charge in [0.1, 0.15) is 17.3 Å². The number of hydrogen-bond acceptors (Lipinski definition) is 4. The predicted octanol–water partition coefficient (Wildman–Crippen LogP) is 7.97. The zero-order valence-electron chi connectivity index (χ0n) is 21.9. The fourth-order valence-electron chi connectivity index (χ4n) is 5.17. The van der Waals surface area contributed by atoms with Crippen molar-refractivity contribution in [1.82, 2.24) is 5.32 Å². The maximum Gasteiger partial charge on any atom is 0.261 e. The normalized spacial score (nSPS) is 14.4. The lowest BCUT2D eigenvalue weighted by molar-refractivity contribution is 0.0943. The van der Waals surface area contributed by atoms with Crippen LogP contribution in [0.1, 0.15) is 41.6 Å². The zero-order chi connectivity index (χ0) is 29.0. The number of nitrogens with one attached hydrogen (secondary N) is 2. The van der Waals surface area contributed by atoms with Gasteiger partial charge in [0.15, 0.2) is 0 Å². The first-order valence-corrected chi connectivity index (χ1v) is 15.3. The second-order valence-electron chi connectivity index (χ2n) is 9.95. The van der Waals surface area contributed by atoms with E-state index in [-0.39, 0.29) is 33.5 Å². The highest BCUT2D eigenvalue weighted by Gasteiger charge is 2.38. The number of sulfonamides is 1. The first kappa shape index (κ1) is 28.9. The summed E-state index contributed by atoms with van der Waals surface area (Å²) in [6.07, 6.45) is 3.32. The van der Waals surface area contributed by atoms with Crippen LogP contribution in [-0.4, -0.2) is 20.9 Å². The van der Waals surface area contributed by atoms with Crippen molar-refractivity contribution >= 4 is 44.8 Å². The average molecular weight is 614 g/mol. The topological polar surface area (TPSA) is 84.5 Å². The lowest BCUT2D eigenvalue weighted by Gasteiger charge is -2.30. The van der Waals surface area contributed by atoms with Crippen LogP contribution in [-0.2, 0) is 15.4 Å². The molecule has 0 spiro atoms. The van der Waals surface area contributed by atoms with Crippen molar-refractivity contribution in [3.8, 4) is 11.5 Å². The van der Waals surface area contributed by atoms with Gasteiger partial charge in [0.25, 0.3) is 15.9 Å². The molecule has 1 saturated carbocycles. The van der Waals surface area contributed by atoms with Gasteiger partial charge >= 0.3 is 0 Å². The maximum absolute atomic E-state index is 14.7. The van der Waals surface area contributed by atoms with E-state index in [0.717, 1.165) is 25.7 Å². The Morgan fingerprint density at radius 2 is 1.59 bits per heavy atom. The Hall–Kier alpha value is -3.59. The molecular weight excluding hydrogens is 586 g/mol. The van der Waals surface area contributed by atoms with Crippen molar-refractivity contribution in [3.05, 3.63) is 118 Å². The number of hydrogen-bond donors (Lipinski definition) is 2. The van der Waals surface area contributed by atoms with Crippen molar-refractivity contribution < 1.29 is 22.3 Å². The molecule has 0 unspecified atom stereocenters. The van der Waals surface area contributed by atoms with E-state index in [1.54, 1.807) is 42.5 Å². The summed E-state index contributed by atoms with van der Waals surface area (Å²) in [6, 6.07) is 23.7. The van der Waals surface area contributed by atoms with E-state index in [9.17, 15) is 17.6 Å². The minimum absolute atomic E-state index is 0.0326. The van der Waals surface area contributed by atoms with Gasteiger partial charge in [-0.2, -0.15) is 0 Å². The summed E-state index contributed by atoms with van der Waals surface area (Å²) < 4.78 is 49.5. The minimum atomic E-state index is -4.08. The van der Waals surface area contributed by atoms with E-state index >= 15 is 0 Å². The number of benzene rings is 4. The molecule has 1 fully saturated rings. The summed E-state index contributed by atoms with van der Waals surface area (Å²) in [7, 11) is -4.08. The Balaban J connectivity index is 1.33. The van der Waals surface area contributed by atoms with Crippen LogP contribution in [0, 0.1) is 5.82 Å². The van der Waals surface area contributed by atoms with Crippen LogP contribution in [0.2, 0.25) is 10.0 Å². The molecular formula is C31H27Cl2FN2O4S. The highest BCUT2D eigenvalue weighted by molar-refractivity contribution is 7.92. The number of ether oxygens (including phenoxy) is 1. The van der Waals surface area contributed by atoms with E-state index in [1.807, 2.05) is 0 Å². The van der Waals surface area contributed by atoms with Crippen LogP contribution in [0.3, 0.4) is 0 Å². The Morgan fingerprint density at radius 1 is 0.902 bits per heavy atom. The number of halogens is 3. The van der Waals surface area contributed by atoms with Crippen LogP contribution >= 0.6 is 23.2 Å². The molecule has 4 aromatic carbocycles. The number of anilines is 1. The van der Waals surface area contributed by atoms with Gasteiger partial charge in [-0.3, -0.25) is 9.52 Å². The SMILES string of the molecule is O=C(NCC1(c2ccccc2F)CCCC1)c1cc(Cl)ccc1NS(=O)(=O)c1ccc(Oc2ccccc2Cl)cc1. The summed E-state index contributed by atoms with van der Waals surface area (Å²) in [5.74, 6) is 0.0212. The van der Waals surface area contributed by atoms with Crippen molar-refractivity contribution in [3.63, 3.8) is 0 Å². The molecule has 0 aliphatic heterocycles. The second-order valence-corrected chi connectivity index (χ2v) is 12.5. The number of carbonyl (C=O) groups is 1. The van der Waals surface area contributed by atoms with E-state index in [2.05, 4.69) is 10.0 Å². The van der Waals surface area contributed by atoms with Gasteiger partial charge in [-0.25, -0.2) is 12.8 Å². The van der Waals surface area contributed by atoms with Crippen molar-refractivity contribution in [2.45, 2.75) is 36.0 Å². The number of amides is 1. The minimum Gasteiger partial charge on any atom is -0.456 e. The van der Waals surface area contributed by atoms with Gasteiger partial charge in [-0.05, 0) is 79.1 Å². The van der Waals surface area contributed by atoms with Gasteiger partial charge in [-0.15, -0.1) is 0 Å². The summed E-state index contributed by atoms with van der Waals surface area (Å²) in [4.78, 5) is 13.3. The van der Waals surface area contributed by atoms with E-state index < -0.39 is 21.3 Å². The number of carbonyl (C=O) groups excluding carboxylic acids is 1. The fourth-order valence-corrected chi connectivity index (χ4v) is 6.59. The Bertz CT molecular complexity index is 1670. The third kappa shape index (κ3) is 6.50. The third-order valence-electron chi connectivity index (χ3n) is 7.26. The molecule has 10 heteroatoms. The summed E-state index contributed by atoms with van der Waals surface area (Å²) in [6.45, 7) is 0.207. The molecule has 0 bridgehead atoms. The molecule has 212 valence electrons. The van der Waals surface area contributed by atoms with Gasteiger partial charge in [0, 0.05) is 17.0 Å². The molecule has 5 rings (SSSR count). The molecule has 0 aromatic heterocycles. The molecule has 1 amide bonds. The summed E-state index contributed by atoms with van der Waals surface area (Å²) in [5.41, 5.74) is 0.162. The van der Waals surface area contributed by atoms with Gasteiger partial charge < -0.3 is 10.1 Å². The number of rotatable bonds is 9. The maximum atomic E-state index is 14.7. The largest absolute Gasteiger partial charge is 0.456 e. The summed E-state index contributed by atoms with van der Waals surface area (Å²) >= 11 is 12.3. The molecule has 0 atom stereocenters. The quantitative estimate of drug-likeness (QED) is 0.201. The van der Waals surface area contributed by atoms with Crippen molar-refractivity contribution in [2.24, 2.45) is 0 Å². The van der Waals surface area contributed by atoms with Crippen LogP contribution in [0.15, 0.2) is 95.9 Å². The average Bonchev–Trinajstić information content (AvgIpc) is 3.44. The van der Waals surface area contributed by atoms with Crippen LogP contribution in [0.25, 0.3) is 0 Å². The second kappa shape index (κ2) is 12.1. The molecule has 2 N–H and O–H groups in total. The standard InChI is InChI=1S/C31H27Cl2FN2O4S/c32-21-11-16-28(36-41(38,39)23-14-12-22(13-15-23)40-29-10-4-2-8-26(29)33)24(19-21)30(37)35-20-31(17-5-6-18-31)25-7-1-3-9-27(25)34/h1-4,7-16,19,36H,5-6,17-18,20H2,(H,35,37). The fraction of sp³-hybridized carbons (Fsp3) is 0.194. The van der Waals surface area contributed by atoms with E-state index in [0.29, 0.717) is 22.1 Å². The van der Waals surface area contributed by atoms with Crippen molar-refractivity contribution in [1.29, 1.82) is 0 Å². The molecule has 41 heavy (non-hydrogen) atoms. The summed E-state index contributed by atoms with van der Waals surface area (Å²) in [5, 5.41) is 3.60. The van der Waals surface area contributed by atoms with Crippen LogP contribution < -0.4 is 14.8 Å². The molecule has 6 nitrogen and oxygen atoms in total. The zero-order valence-corrected chi connectivity index (χ0v) is 24.2. The van der Waals surface area contributed by atoms with Gasteiger partial charge in [-0.1, -0.05) is 66.4 Å². The van der Waals surface area contributed by atoms with Crippen molar-refractivity contribution in [2.75, 3.05) is 11.3 Å². The van der Waals surface area contributed by atoms with Crippen LogP contribution in [0.4, 0.5) is 10.1 Å². The smallest absolute Gasteiger partial charge is 0.261 e. The van der Waals surface area contributed by atoms with Crippen LogP contribution in [0.5, 0.6) is 11.5 Å². The molecule has 1 aliphatic carbocycles. The Labute approximate surface area is 248 Å². The van der Waals surface area contributed by atoms with E-state index in [4.69, 9.17) is 27.9 Å². The molecule has 1 aliphatic rings. The molecule has 0 radical (unpaired) electrons. The van der Waals surface area contributed by atoms with Gasteiger partial charge in [0.05, 0.1) is 21.2 Å². The Morgan fingerprint density at radius 3 is 2.29 bits per heavy atom. The molecule has 4 aromatic rings. The lowest BCUT2D eigenvalue weighted by atomic mass is 9.78. The number of para-hydroxylation sites is 1. The van der Waals surface area contributed by atoms with E-state index in [1.165, 1.54) is 48.5 Å². The molecule has 0 heterocycles. The monoisotopic (exact) mass is 612 g/mol. The highest BCUT2D eigenvalue weighted by Crippen LogP contribution is 2.42. The lowest BCUT2D eigenvalue weighted by Crippen LogP contribution is -2.39.